The summed E-state index contributed by atoms with van der Waals surface area (Å²) in [5, 5.41) is 8.71. The zero-order chi connectivity index (χ0) is 15.6. The molecule has 8 heteroatoms. The number of benzene rings is 1. The molecule has 1 aliphatic heterocycles. The second-order valence-corrected chi connectivity index (χ2v) is 4.58. The zero-order valence-electron chi connectivity index (χ0n) is 10.8. The third-order valence-electron chi connectivity index (χ3n) is 3.02. The Hall–Kier alpha value is -2.09. The van der Waals surface area contributed by atoms with Gasteiger partial charge in [0.05, 0.1) is 24.6 Å². The van der Waals surface area contributed by atoms with Gasteiger partial charge in [-0.15, -0.1) is 0 Å². The molecule has 1 aliphatic rings. The van der Waals surface area contributed by atoms with Crippen LogP contribution in [0.25, 0.3) is 0 Å². The molecule has 1 aromatic carbocycles. The van der Waals surface area contributed by atoms with Crippen LogP contribution in [0, 0.1) is 0 Å². The third kappa shape index (κ3) is 3.72. The fourth-order valence-electron chi connectivity index (χ4n) is 2.04. The van der Waals surface area contributed by atoms with Crippen molar-refractivity contribution in [1.82, 2.24) is 0 Å². The SMILES string of the molecule is O=C(O)CC1CN(c2cccc(C(F)(F)F)c2)C(=O)CO1. The highest BCUT2D eigenvalue weighted by molar-refractivity contribution is 5.95. The standard InChI is InChI=1S/C13H12F3NO4/c14-13(15,16)8-2-1-3-9(4-8)17-6-10(5-12(19)20)21-7-11(17)18/h1-4,10H,5-7H2,(H,19,20). The van der Waals surface area contributed by atoms with E-state index in [0.717, 1.165) is 17.0 Å². The van der Waals surface area contributed by atoms with Gasteiger partial charge in [0.2, 0.25) is 0 Å². The minimum absolute atomic E-state index is 0.0773. The maximum absolute atomic E-state index is 12.7. The predicted octanol–water partition coefficient (Wildman–Crippen LogP) is 1.91. The lowest BCUT2D eigenvalue weighted by molar-refractivity contribution is -0.143. The van der Waals surface area contributed by atoms with E-state index in [2.05, 4.69) is 0 Å². The van der Waals surface area contributed by atoms with Crippen LogP contribution in [0.15, 0.2) is 24.3 Å². The Morgan fingerprint density at radius 2 is 2.14 bits per heavy atom. The van der Waals surface area contributed by atoms with Crippen molar-refractivity contribution in [1.29, 1.82) is 0 Å². The largest absolute Gasteiger partial charge is 0.481 e. The van der Waals surface area contributed by atoms with E-state index in [1.54, 1.807) is 0 Å². The van der Waals surface area contributed by atoms with Crippen LogP contribution >= 0.6 is 0 Å². The summed E-state index contributed by atoms with van der Waals surface area (Å²) in [4.78, 5) is 23.5. The normalized spacial score (nSPS) is 19.7. The van der Waals surface area contributed by atoms with E-state index in [0.29, 0.717) is 0 Å². The number of hydrogen-bond donors (Lipinski definition) is 1. The highest BCUT2D eigenvalue weighted by Gasteiger charge is 2.33. The van der Waals surface area contributed by atoms with Crippen LogP contribution < -0.4 is 4.90 Å². The van der Waals surface area contributed by atoms with Crippen LogP contribution in [0.4, 0.5) is 18.9 Å². The van der Waals surface area contributed by atoms with Gasteiger partial charge in [-0.2, -0.15) is 13.2 Å². The second-order valence-electron chi connectivity index (χ2n) is 4.58. The van der Waals surface area contributed by atoms with Crippen molar-refractivity contribution in [3.63, 3.8) is 0 Å². The Labute approximate surface area is 117 Å². The van der Waals surface area contributed by atoms with E-state index >= 15 is 0 Å². The number of carboxylic acid groups (broad SMARTS) is 1. The molecular formula is C13H12F3NO4. The van der Waals surface area contributed by atoms with Gasteiger partial charge in [-0.1, -0.05) is 6.07 Å². The van der Waals surface area contributed by atoms with E-state index in [9.17, 15) is 22.8 Å². The molecule has 1 amide bonds. The predicted molar refractivity (Wildman–Crippen MR) is 65.8 cm³/mol. The molecule has 1 aromatic rings. The van der Waals surface area contributed by atoms with Crippen LogP contribution in [-0.2, 0) is 20.5 Å². The molecular weight excluding hydrogens is 291 g/mol. The van der Waals surface area contributed by atoms with E-state index in [4.69, 9.17) is 9.84 Å². The van der Waals surface area contributed by atoms with Gasteiger partial charge < -0.3 is 14.7 Å². The lowest BCUT2D eigenvalue weighted by atomic mass is 10.1. The van der Waals surface area contributed by atoms with Crippen molar-refractivity contribution in [2.45, 2.75) is 18.7 Å². The fourth-order valence-corrected chi connectivity index (χ4v) is 2.04. The Morgan fingerprint density at radius 3 is 2.76 bits per heavy atom. The number of carbonyl (C=O) groups is 2. The van der Waals surface area contributed by atoms with Crippen molar-refractivity contribution >= 4 is 17.6 Å². The number of hydrogen-bond acceptors (Lipinski definition) is 3. The maximum atomic E-state index is 12.7. The number of anilines is 1. The average molecular weight is 303 g/mol. The molecule has 5 nitrogen and oxygen atoms in total. The minimum Gasteiger partial charge on any atom is -0.481 e. The number of morpholine rings is 1. The van der Waals surface area contributed by atoms with Crippen molar-refractivity contribution in [2.75, 3.05) is 18.1 Å². The molecule has 1 unspecified atom stereocenters. The number of carboxylic acids is 1. The summed E-state index contributed by atoms with van der Waals surface area (Å²) in [6.07, 6.45) is -5.57. The molecule has 0 saturated carbocycles. The lowest BCUT2D eigenvalue weighted by Gasteiger charge is -2.32. The molecule has 1 atom stereocenters. The smallest absolute Gasteiger partial charge is 0.416 e. The number of carbonyl (C=O) groups excluding carboxylic acids is 1. The highest BCUT2D eigenvalue weighted by Crippen LogP contribution is 2.32. The summed E-state index contributed by atoms with van der Waals surface area (Å²) in [7, 11) is 0. The van der Waals surface area contributed by atoms with Gasteiger partial charge in [0, 0.05) is 5.69 Å². The van der Waals surface area contributed by atoms with Gasteiger partial charge in [-0.3, -0.25) is 9.59 Å². The van der Waals surface area contributed by atoms with Crippen molar-refractivity contribution in [3.05, 3.63) is 29.8 Å². The van der Waals surface area contributed by atoms with E-state index in [-0.39, 0.29) is 25.3 Å². The van der Waals surface area contributed by atoms with Crippen LogP contribution in [0.3, 0.4) is 0 Å². The summed E-state index contributed by atoms with van der Waals surface area (Å²) < 4.78 is 43.1. The molecule has 21 heavy (non-hydrogen) atoms. The maximum Gasteiger partial charge on any atom is 0.416 e. The van der Waals surface area contributed by atoms with Crippen molar-refractivity contribution in [2.24, 2.45) is 0 Å². The van der Waals surface area contributed by atoms with Crippen molar-refractivity contribution in [3.8, 4) is 0 Å². The molecule has 1 heterocycles. The summed E-state index contributed by atoms with van der Waals surface area (Å²) in [5.41, 5.74) is -0.789. The number of alkyl halides is 3. The van der Waals surface area contributed by atoms with Crippen LogP contribution in [0.2, 0.25) is 0 Å². The molecule has 1 N–H and O–H groups in total. The lowest BCUT2D eigenvalue weighted by Crippen LogP contribution is -2.47. The van der Waals surface area contributed by atoms with E-state index in [1.165, 1.54) is 12.1 Å². The molecule has 2 rings (SSSR count). The number of nitrogens with zero attached hydrogens (tertiary/aromatic N) is 1. The summed E-state index contributed by atoms with van der Waals surface area (Å²) in [6, 6.07) is 4.34. The minimum atomic E-state index is -4.51. The van der Waals surface area contributed by atoms with E-state index in [1.807, 2.05) is 0 Å². The van der Waals surface area contributed by atoms with Crippen LogP contribution in [0.1, 0.15) is 12.0 Å². The van der Waals surface area contributed by atoms with E-state index < -0.39 is 29.7 Å². The Bertz CT molecular complexity index is 559. The van der Waals surface area contributed by atoms with Crippen LogP contribution in [0.5, 0.6) is 0 Å². The molecule has 0 spiro atoms. The Morgan fingerprint density at radius 1 is 1.43 bits per heavy atom. The van der Waals surface area contributed by atoms with Crippen LogP contribution in [-0.4, -0.2) is 36.2 Å². The quantitative estimate of drug-likeness (QED) is 0.926. The summed E-state index contributed by atoms with van der Waals surface area (Å²) >= 11 is 0. The molecule has 1 saturated heterocycles. The average Bonchev–Trinajstić information content (AvgIpc) is 2.39. The van der Waals surface area contributed by atoms with Gasteiger partial charge in [0.1, 0.15) is 6.61 Å². The topological polar surface area (TPSA) is 66.8 Å². The Balaban J connectivity index is 2.22. The summed E-state index contributed by atoms with van der Waals surface area (Å²) in [5.74, 6) is -1.60. The van der Waals surface area contributed by atoms with Crippen molar-refractivity contribution < 1.29 is 32.6 Å². The first kappa shape index (κ1) is 15.3. The fraction of sp³-hybridized carbons (Fsp3) is 0.385. The molecule has 114 valence electrons. The molecule has 0 aromatic heterocycles. The Kier molecular flexibility index (Phi) is 4.17. The molecule has 0 aliphatic carbocycles. The molecule has 0 bridgehead atoms. The number of halogens is 3. The van der Waals surface area contributed by atoms with Gasteiger partial charge >= 0.3 is 12.1 Å². The second kappa shape index (κ2) is 5.72. The third-order valence-corrected chi connectivity index (χ3v) is 3.02. The zero-order valence-corrected chi connectivity index (χ0v) is 10.8. The monoisotopic (exact) mass is 303 g/mol. The first-order valence-corrected chi connectivity index (χ1v) is 6.08. The van der Waals surface area contributed by atoms with Gasteiger partial charge in [-0.05, 0) is 18.2 Å². The highest BCUT2D eigenvalue weighted by atomic mass is 19.4. The van der Waals surface area contributed by atoms with Gasteiger partial charge in [0.15, 0.2) is 0 Å². The number of aliphatic carboxylic acids is 1. The summed E-state index contributed by atoms with van der Waals surface area (Å²) in [6.45, 7) is -0.444. The number of ether oxygens (including phenoxy) is 1. The van der Waals surface area contributed by atoms with Gasteiger partial charge in [-0.25, -0.2) is 0 Å². The molecule has 0 radical (unpaired) electrons. The molecule has 1 fully saturated rings. The first-order valence-electron chi connectivity index (χ1n) is 6.08. The first-order chi connectivity index (χ1) is 9.77. The number of amides is 1. The number of rotatable bonds is 3. The van der Waals surface area contributed by atoms with Gasteiger partial charge in [0.25, 0.3) is 5.91 Å².